The molecule has 1 unspecified atom stereocenters. The third-order valence-electron chi connectivity index (χ3n) is 3.95. The van der Waals surface area contributed by atoms with Crippen molar-refractivity contribution < 1.29 is 4.79 Å². The topological polar surface area (TPSA) is 20.3 Å². The molecular weight excluding hydrogens is 258 g/mol. The van der Waals surface area contributed by atoms with Crippen molar-refractivity contribution in [2.45, 2.75) is 31.6 Å². The quantitative estimate of drug-likeness (QED) is 0.837. The molecule has 1 saturated carbocycles. The molecule has 0 spiro atoms. The van der Waals surface area contributed by atoms with Gasteiger partial charge in [0, 0.05) is 29.8 Å². The molecule has 3 heteroatoms. The summed E-state index contributed by atoms with van der Waals surface area (Å²) in [6, 6.07) is 7.98. The number of carbonyl (C=O) groups is 1. The van der Waals surface area contributed by atoms with E-state index in [1.807, 2.05) is 12.1 Å². The number of carbonyl (C=O) groups excluding carboxylic acids is 1. The Bertz CT molecular complexity index is 427. The number of ketones is 1. The van der Waals surface area contributed by atoms with Gasteiger partial charge < -0.3 is 4.90 Å². The summed E-state index contributed by atoms with van der Waals surface area (Å²) >= 11 is 5.96. The minimum atomic E-state index is 0.178. The molecule has 1 fully saturated rings. The van der Waals surface area contributed by atoms with Crippen molar-refractivity contribution in [3.05, 3.63) is 34.9 Å². The van der Waals surface area contributed by atoms with Crippen LogP contribution >= 0.6 is 11.6 Å². The van der Waals surface area contributed by atoms with Crippen LogP contribution in [0.4, 0.5) is 0 Å². The van der Waals surface area contributed by atoms with Gasteiger partial charge in [0.1, 0.15) is 5.78 Å². The molecule has 104 valence electrons. The van der Waals surface area contributed by atoms with Crippen LogP contribution in [0.3, 0.4) is 0 Å². The average molecular weight is 280 g/mol. The van der Waals surface area contributed by atoms with E-state index in [0.717, 1.165) is 30.8 Å². The molecule has 0 N–H and O–H groups in total. The van der Waals surface area contributed by atoms with Gasteiger partial charge in [-0.15, -0.1) is 0 Å². The van der Waals surface area contributed by atoms with Crippen molar-refractivity contribution in [3.63, 3.8) is 0 Å². The first-order valence-corrected chi connectivity index (χ1v) is 7.38. The summed E-state index contributed by atoms with van der Waals surface area (Å²) in [6.45, 7) is 0.915. The molecule has 1 aromatic carbocycles. The molecule has 0 aromatic heterocycles. The predicted molar refractivity (Wildman–Crippen MR) is 79.7 cm³/mol. The summed E-state index contributed by atoms with van der Waals surface area (Å²) in [5.74, 6) is 0.908. The Labute approximate surface area is 120 Å². The lowest BCUT2D eigenvalue weighted by molar-refractivity contribution is -0.125. The third-order valence-corrected chi connectivity index (χ3v) is 4.20. The second kappa shape index (κ2) is 6.53. The van der Waals surface area contributed by atoms with Crippen molar-refractivity contribution in [1.82, 2.24) is 4.90 Å². The summed E-state index contributed by atoms with van der Waals surface area (Å²) in [5.41, 5.74) is 1.23. The molecule has 0 heterocycles. The zero-order valence-corrected chi connectivity index (χ0v) is 12.5. The lowest BCUT2D eigenvalue weighted by Gasteiger charge is -2.31. The maximum absolute atomic E-state index is 12.2. The standard InChI is InChI=1S/C16H22ClNO/c1-18(2)11-15(12-7-9-13(17)10-8-12)14-5-3-4-6-16(14)19/h7-10,14-15H,3-6,11H2,1-2H3/t14-,15?/m1/s1. The minimum Gasteiger partial charge on any atom is -0.309 e. The molecule has 0 saturated heterocycles. The first-order chi connectivity index (χ1) is 9.08. The lowest BCUT2D eigenvalue weighted by atomic mass is 9.76. The van der Waals surface area contributed by atoms with Gasteiger partial charge in [0.15, 0.2) is 0 Å². The van der Waals surface area contributed by atoms with E-state index in [1.165, 1.54) is 12.0 Å². The van der Waals surface area contributed by atoms with E-state index in [-0.39, 0.29) is 5.92 Å². The van der Waals surface area contributed by atoms with E-state index in [4.69, 9.17) is 11.6 Å². The van der Waals surface area contributed by atoms with Crippen molar-refractivity contribution in [2.75, 3.05) is 20.6 Å². The van der Waals surface area contributed by atoms with Gasteiger partial charge in [0.2, 0.25) is 0 Å². The highest BCUT2D eigenvalue weighted by Crippen LogP contribution is 2.34. The van der Waals surface area contributed by atoms with Crippen molar-refractivity contribution in [2.24, 2.45) is 5.92 Å². The molecule has 2 rings (SSSR count). The van der Waals surface area contributed by atoms with E-state index in [1.54, 1.807) is 0 Å². The second-order valence-electron chi connectivity index (χ2n) is 5.74. The van der Waals surface area contributed by atoms with Crippen LogP contribution in [0.15, 0.2) is 24.3 Å². The number of likely N-dealkylation sites (N-methyl/N-ethyl adjacent to an activating group) is 1. The smallest absolute Gasteiger partial charge is 0.136 e. The predicted octanol–water partition coefficient (Wildman–Crippen LogP) is 3.74. The average Bonchev–Trinajstić information content (AvgIpc) is 2.38. The van der Waals surface area contributed by atoms with Gasteiger partial charge in [-0.25, -0.2) is 0 Å². The Kier molecular flexibility index (Phi) is 5.00. The first kappa shape index (κ1) is 14.5. The zero-order valence-electron chi connectivity index (χ0n) is 11.7. The fraction of sp³-hybridized carbons (Fsp3) is 0.562. The highest BCUT2D eigenvalue weighted by Gasteiger charge is 2.31. The van der Waals surface area contributed by atoms with Crippen LogP contribution in [0.1, 0.15) is 37.2 Å². The molecule has 2 nitrogen and oxygen atoms in total. The molecule has 19 heavy (non-hydrogen) atoms. The maximum Gasteiger partial charge on any atom is 0.136 e. The largest absolute Gasteiger partial charge is 0.309 e. The van der Waals surface area contributed by atoms with Gasteiger partial charge >= 0.3 is 0 Å². The van der Waals surface area contributed by atoms with Gasteiger partial charge in [-0.1, -0.05) is 30.2 Å². The molecule has 0 radical (unpaired) electrons. The number of benzene rings is 1. The molecule has 0 aliphatic heterocycles. The van der Waals surface area contributed by atoms with Crippen LogP contribution in [0.2, 0.25) is 5.02 Å². The summed E-state index contributed by atoms with van der Waals surface area (Å²) in [6.07, 6.45) is 4.01. The Hall–Kier alpha value is -0.860. The number of halogens is 1. The summed E-state index contributed by atoms with van der Waals surface area (Å²) in [4.78, 5) is 14.4. The zero-order chi connectivity index (χ0) is 13.8. The number of hydrogen-bond donors (Lipinski definition) is 0. The van der Waals surface area contributed by atoms with Gasteiger partial charge in [-0.3, -0.25) is 4.79 Å². The Morgan fingerprint density at radius 2 is 1.95 bits per heavy atom. The van der Waals surface area contributed by atoms with Crippen molar-refractivity contribution in [1.29, 1.82) is 0 Å². The van der Waals surface area contributed by atoms with Crippen LogP contribution < -0.4 is 0 Å². The van der Waals surface area contributed by atoms with Gasteiger partial charge in [-0.2, -0.15) is 0 Å². The molecular formula is C16H22ClNO. The van der Waals surface area contributed by atoms with Crippen LogP contribution in [0.5, 0.6) is 0 Å². The van der Waals surface area contributed by atoms with Crippen molar-refractivity contribution in [3.8, 4) is 0 Å². The Morgan fingerprint density at radius 3 is 2.53 bits per heavy atom. The fourth-order valence-electron chi connectivity index (χ4n) is 3.00. The van der Waals surface area contributed by atoms with Crippen molar-refractivity contribution >= 4 is 17.4 Å². The van der Waals surface area contributed by atoms with Gasteiger partial charge in [-0.05, 0) is 44.6 Å². The third kappa shape index (κ3) is 3.80. The van der Waals surface area contributed by atoms with Gasteiger partial charge in [0.05, 0.1) is 0 Å². The van der Waals surface area contributed by atoms with E-state index < -0.39 is 0 Å². The number of rotatable bonds is 4. The molecule has 1 aliphatic rings. The summed E-state index contributed by atoms with van der Waals surface area (Å²) < 4.78 is 0. The highest BCUT2D eigenvalue weighted by molar-refractivity contribution is 6.30. The minimum absolute atomic E-state index is 0.178. The van der Waals surface area contributed by atoms with E-state index in [0.29, 0.717) is 11.7 Å². The Morgan fingerprint density at radius 1 is 1.26 bits per heavy atom. The normalized spacial score (nSPS) is 21.7. The first-order valence-electron chi connectivity index (χ1n) is 7.01. The number of hydrogen-bond acceptors (Lipinski definition) is 2. The van der Waals surface area contributed by atoms with Crippen LogP contribution in [-0.4, -0.2) is 31.3 Å². The molecule has 1 aromatic rings. The highest BCUT2D eigenvalue weighted by atomic mass is 35.5. The monoisotopic (exact) mass is 279 g/mol. The lowest BCUT2D eigenvalue weighted by Crippen LogP contribution is -2.32. The van der Waals surface area contributed by atoms with Crippen LogP contribution in [-0.2, 0) is 4.79 Å². The second-order valence-corrected chi connectivity index (χ2v) is 6.18. The van der Waals surface area contributed by atoms with Crippen LogP contribution in [0, 0.1) is 5.92 Å². The van der Waals surface area contributed by atoms with Gasteiger partial charge in [0.25, 0.3) is 0 Å². The molecule has 2 atom stereocenters. The van der Waals surface area contributed by atoms with E-state index >= 15 is 0 Å². The number of nitrogens with zero attached hydrogens (tertiary/aromatic N) is 1. The maximum atomic E-state index is 12.2. The van der Waals surface area contributed by atoms with E-state index in [9.17, 15) is 4.79 Å². The SMILES string of the molecule is CN(C)CC(c1ccc(Cl)cc1)[C@H]1CCCCC1=O. The number of Topliss-reactive ketones (excluding diaryl/α,β-unsaturated/α-hetero) is 1. The Balaban J connectivity index is 2.24. The molecule has 1 aliphatic carbocycles. The fourth-order valence-corrected chi connectivity index (χ4v) is 3.13. The summed E-state index contributed by atoms with van der Waals surface area (Å²) in [7, 11) is 4.13. The molecule has 0 amide bonds. The van der Waals surface area contributed by atoms with E-state index in [2.05, 4.69) is 31.1 Å². The van der Waals surface area contributed by atoms with Crippen LogP contribution in [0.25, 0.3) is 0 Å². The summed E-state index contributed by atoms with van der Waals surface area (Å²) in [5, 5.41) is 0.752. The molecule has 0 bridgehead atoms.